The van der Waals surface area contributed by atoms with Gasteiger partial charge in [-0.1, -0.05) is 41.7 Å². The van der Waals surface area contributed by atoms with Crippen LogP contribution in [0.4, 0.5) is 0 Å². The number of rotatable bonds is 5. The van der Waals surface area contributed by atoms with Crippen LogP contribution in [0.15, 0.2) is 58.3 Å². The Morgan fingerprint density at radius 3 is 2.75 bits per heavy atom. The van der Waals surface area contributed by atoms with E-state index in [1.807, 2.05) is 62.4 Å². The summed E-state index contributed by atoms with van der Waals surface area (Å²) in [6, 6.07) is 15.6. The number of nitrogens with one attached hydrogen (secondary N) is 1. The van der Waals surface area contributed by atoms with Gasteiger partial charge in [0.2, 0.25) is 5.13 Å². The van der Waals surface area contributed by atoms with Crippen molar-refractivity contribution in [2.75, 3.05) is 7.11 Å². The average molecular weight is 392 g/mol. The van der Waals surface area contributed by atoms with Gasteiger partial charge < -0.3 is 4.74 Å². The number of benzene rings is 2. The Labute approximate surface area is 166 Å². The second-order valence-corrected chi connectivity index (χ2v) is 7.44. The minimum atomic E-state index is -0.141. The predicted octanol–water partition coefficient (Wildman–Crippen LogP) is 4.10. The molecule has 0 unspecified atom stereocenters. The molecule has 1 N–H and O–H groups in total. The van der Waals surface area contributed by atoms with E-state index in [2.05, 4.69) is 15.1 Å². The SMILES string of the molecule is COc1ccccc1CN=C(C)c1c(C)[nH]n(-c2nc3ccccc3s2)c1=O. The number of ether oxygens (including phenoxy) is 1. The van der Waals surface area contributed by atoms with Crippen LogP contribution in [-0.4, -0.2) is 27.6 Å². The highest BCUT2D eigenvalue weighted by Gasteiger charge is 2.17. The molecule has 7 heteroatoms. The molecule has 0 atom stereocenters. The number of hydrogen-bond donors (Lipinski definition) is 1. The highest BCUT2D eigenvalue weighted by molar-refractivity contribution is 7.20. The van der Waals surface area contributed by atoms with Gasteiger partial charge in [-0.15, -0.1) is 0 Å². The second-order valence-electron chi connectivity index (χ2n) is 6.43. The van der Waals surface area contributed by atoms with E-state index in [0.717, 1.165) is 27.2 Å². The van der Waals surface area contributed by atoms with Crippen molar-refractivity contribution in [2.45, 2.75) is 20.4 Å². The lowest BCUT2D eigenvalue weighted by molar-refractivity contribution is 0.410. The molecule has 0 spiro atoms. The van der Waals surface area contributed by atoms with Crippen molar-refractivity contribution in [1.82, 2.24) is 14.8 Å². The van der Waals surface area contributed by atoms with E-state index in [1.165, 1.54) is 16.0 Å². The summed E-state index contributed by atoms with van der Waals surface area (Å²) in [7, 11) is 1.64. The topological polar surface area (TPSA) is 72.3 Å². The second kappa shape index (κ2) is 7.44. The maximum absolute atomic E-state index is 13.0. The van der Waals surface area contributed by atoms with Crippen molar-refractivity contribution in [3.63, 3.8) is 0 Å². The van der Waals surface area contributed by atoms with Crippen LogP contribution >= 0.6 is 11.3 Å². The lowest BCUT2D eigenvalue weighted by Crippen LogP contribution is -2.19. The highest BCUT2D eigenvalue weighted by Crippen LogP contribution is 2.24. The molecule has 0 radical (unpaired) electrons. The van der Waals surface area contributed by atoms with Crippen molar-refractivity contribution in [3.8, 4) is 10.9 Å². The zero-order valence-electron chi connectivity index (χ0n) is 15.9. The zero-order chi connectivity index (χ0) is 19.7. The van der Waals surface area contributed by atoms with Gasteiger partial charge in [0.25, 0.3) is 5.56 Å². The number of aliphatic imine (C=N–C) groups is 1. The molecule has 0 fully saturated rings. The van der Waals surface area contributed by atoms with Crippen LogP contribution in [0.25, 0.3) is 15.3 Å². The molecule has 0 saturated heterocycles. The number of H-pyrrole nitrogens is 1. The van der Waals surface area contributed by atoms with Crippen LogP contribution in [0, 0.1) is 6.92 Å². The van der Waals surface area contributed by atoms with Crippen LogP contribution in [0.2, 0.25) is 0 Å². The molecule has 4 rings (SSSR count). The Kier molecular flexibility index (Phi) is 4.83. The molecule has 4 aromatic rings. The first kappa shape index (κ1) is 18.2. The first-order valence-electron chi connectivity index (χ1n) is 8.89. The van der Waals surface area contributed by atoms with Gasteiger partial charge in [0.1, 0.15) is 5.75 Å². The zero-order valence-corrected chi connectivity index (χ0v) is 16.7. The van der Waals surface area contributed by atoms with Crippen LogP contribution in [0.3, 0.4) is 0 Å². The molecular formula is C21H20N4O2S. The minimum Gasteiger partial charge on any atom is -0.496 e. The van der Waals surface area contributed by atoms with Crippen molar-refractivity contribution < 1.29 is 4.74 Å². The Hall–Kier alpha value is -3.19. The van der Waals surface area contributed by atoms with Gasteiger partial charge in [-0.3, -0.25) is 14.9 Å². The summed E-state index contributed by atoms with van der Waals surface area (Å²) in [5, 5.41) is 3.76. The van der Waals surface area contributed by atoms with E-state index in [9.17, 15) is 4.79 Å². The van der Waals surface area contributed by atoms with Crippen LogP contribution in [0.5, 0.6) is 5.75 Å². The molecule has 0 aliphatic heterocycles. The van der Waals surface area contributed by atoms with Gasteiger partial charge in [0.15, 0.2) is 0 Å². The van der Waals surface area contributed by atoms with E-state index in [0.29, 0.717) is 23.0 Å². The normalized spacial score (nSPS) is 11.9. The molecule has 2 heterocycles. The first-order valence-corrected chi connectivity index (χ1v) is 9.71. The van der Waals surface area contributed by atoms with Crippen molar-refractivity contribution in [3.05, 3.63) is 75.7 Å². The summed E-state index contributed by atoms with van der Waals surface area (Å²) in [6.07, 6.45) is 0. The lowest BCUT2D eigenvalue weighted by atomic mass is 10.1. The van der Waals surface area contributed by atoms with E-state index in [-0.39, 0.29) is 5.56 Å². The van der Waals surface area contributed by atoms with Crippen molar-refractivity contribution >= 4 is 27.3 Å². The molecule has 0 bridgehead atoms. The van der Waals surface area contributed by atoms with Crippen LogP contribution < -0.4 is 10.3 Å². The molecule has 0 aliphatic rings. The van der Waals surface area contributed by atoms with Gasteiger partial charge in [0, 0.05) is 17.0 Å². The first-order chi connectivity index (χ1) is 13.6. The number of fused-ring (bicyclic) bond motifs is 1. The minimum absolute atomic E-state index is 0.141. The van der Waals surface area contributed by atoms with Gasteiger partial charge in [-0.25, -0.2) is 4.98 Å². The molecule has 6 nitrogen and oxygen atoms in total. The Morgan fingerprint density at radius 2 is 1.96 bits per heavy atom. The number of nitrogens with zero attached hydrogens (tertiary/aromatic N) is 3. The Bertz CT molecular complexity index is 1200. The lowest BCUT2D eigenvalue weighted by Gasteiger charge is -2.06. The average Bonchev–Trinajstić information content (AvgIpc) is 3.26. The summed E-state index contributed by atoms with van der Waals surface area (Å²) in [6.45, 7) is 4.18. The Morgan fingerprint density at radius 1 is 1.21 bits per heavy atom. The number of hydrogen-bond acceptors (Lipinski definition) is 5. The third-order valence-corrected chi connectivity index (χ3v) is 5.61. The van der Waals surface area contributed by atoms with E-state index in [1.54, 1.807) is 7.11 Å². The third kappa shape index (κ3) is 3.25. The van der Waals surface area contributed by atoms with Crippen molar-refractivity contribution in [2.24, 2.45) is 4.99 Å². The third-order valence-electron chi connectivity index (χ3n) is 4.59. The Balaban J connectivity index is 1.69. The molecule has 2 aromatic heterocycles. The molecule has 142 valence electrons. The van der Waals surface area contributed by atoms with E-state index in [4.69, 9.17) is 4.74 Å². The number of aromatic amines is 1. The van der Waals surface area contributed by atoms with Gasteiger partial charge in [0.05, 0.1) is 29.4 Å². The monoisotopic (exact) mass is 392 g/mol. The molecule has 0 amide bonds. The summed E-state index contributed by atoms with van der Waals surface area (Å²) in [4.78, 5) is 22.2. The number of aromatic nitrogens is 3. The number of methoxy groups -OCH3 is 1. The number of thiazole rings is 1. The predicted molar refractivity (Wildman–Crippen MR) is 113 cm³/mol. The summed E-state index contributed by atoms with van der Waals surface area (Å²) < 4.78 is 7.91. The van der Waals surface area contributed by atoms with Gasteiger partial charge in [-0.2, -0.15) is 4.68 Å². The van der Waals surface area contributed by atoms with E-state index < -0.39 is 0 Å². The van der Waals surface area contributed by atoms with Crippen LogP contribution in [-0.2, 0) is 6.54 Å². The molecule has 2 aromatic carbocycles. The maximum atomic E-state index is 13.0. The fraction of sp³-hybridized carbons (Fsp3) is 0.190. The van der Waals surface area contributed by atoms with E-state index >= 15 is 0 Å². The summed E-state index contributed by atoms with van der Waals surface area (Å²) in [5.41, 5.74) is 3.75. The smallest absolute Gasteiger partial charge is 0.282 e. The molecule has 28 heavy (non-hydrogen) atoms. The molecular weight excluding hydrogens is 372 g/mol. The standard InChI is InChI=1S/C21H20N4O2S/c1-13(22-12-15-8-4-6-10-17(15)27-3)19-14(2)24-25(20(19)26)21-23-16-9-5-7-11-18(16)28-21/h4-11,24H,12H2,1-3H3. The quantitative estimate of drug-likeness (QED) is 0.520. The highest BCUT2D eigenvalue weighted by atomic mass is 32.1. The molecule has 0 aliphatic carbocycles. The maximum Gasteiger partial charge on any atom is 0.282 e. The van der Waals surface area contributed by atoms with Gasteiger partial charge in [-0.05, 0) is 32.0 Å². The summed E-state index contributed by atoms with van der Waals surface area (Å²) >= 11 is 1.48. The fourth-order valence-electron chi connectivity index (χ4n) is 3.18. The largest absolute Gasteiger partial charge is 0.496 e. The van der Waals surface area contributed by atoms with Crippen molar-refractivity contribution in [1.29, 1.82) is 0 Å². The number of para-hydroxylation sites is 2. The molecule has 0 saturated carbocycles. The summed E-state index contributed by atoms with van der Waals surface area (Å²) in [5.74, 6) is 0.789. The number of aryl methyl sites for hydroxylation is 1. The van der Waals surface area contributed by atoms with Gasteiger partial charge >= 0.3 is 0 Å². The fourth-order valence-corrected chi connectivity index (χ4v) is 4.10. The van der Waals surface area contributed by atoms with Crippen LogP contribution in [0.1, 0.15) is 23.7 Å².